The van der Waals surface area contributed by atoms with Gasteiger partial charge in [0.1, 0.15) is 5.75 Å². The smallest absolute Gasteiger partial charge is 0.119 e. The van der Waals surface area contributed by atoms with Crippen molar-refractivity contribution in [3.8, 4) is 5.75 Å². The van der Waals surface area contributed by atoms with Gasteiger partial charge in [-0.05, 0) is 70.1 Å². The van der Waals surface area contributed by atoms with Crippen LogP contribution in [0.4, 0.5) is 0 Å². The largest absolute Gasteiger partial charge is 0.497 e. The van der Waals surface area contributed by atoms with Crippen LogP contribution >= 0.6 is 0 Å². The van der Waals surface area contributed by atoms with Gasteiger partial charge in [0, 0.05) is 6.04 Å². The summed E-state index contributed by atoms with van der Waals surface area (Å²) in [5.41, 5.74) is 1.30. The zero-order chi connectivity index (χ0) is 13.7. The molecule has 1 aromatic rings. The van der Waals surface area contributed by atoms with Gasteiger partial charge in [0.05, 0.1) is 7.11 Å². The number of hydrogen-bond acceptors (Lipinski definition) is 3. The minimum Gasteiger partial charge on any atom is -0.497 e. The summed E-state index contributed by atoms with van der Waals surface area (Å²) in [6.45, 7) is 5.82. The highest BCUT2D eigenvalue weighted by atomic mass is 16.5. The summed E-state index contributed by atoms with van der Waals surface area (Å²) >= 11 is 0. The highest BCUT2D eigenvalue weighted by Crippen LogP contribution is 2.20. The van der Waals surface area contributed by atoms with Gasteiger partial charge in [0.15, 0.2) is 0 Å². The summed E-state index contributed by atoms with van der Waals surface area (Å²) < 4.78 is 5.28. The van der Waals surface area contributed by atoms with E-state index in [0.717, 1.165) is 18.2 Å². The number of ether oxygens (including phenoxy) is 1. The van der Waals surface area contributed by atoms with Gasteiger partial charge >= 0.3 is 0 Å². The molecular weight excluding hydrogens is 236 g/mol. The normalized spacial score (nSPS) is 19.3. The molecule has 1 aromatic carbocycles. The van der Waals surface area contributed by atoms with E-state index in [-0.39, 0.29) is 0 Å². The van der Waals surface area contributed by atoms with E-state index in [2.05, 4.69) is 42.4 Å². The van der Waals surface area contributed by atoms with E-state index in [9.17, 15) is 0 Å². The molecule has 0 aliphatic carbocycles. The molecule has 2 rings (SSSR count). The van der Waals surface area contributed by atoms with E-state index in [1.807, 2.05) is 6.07 Å². The quantitative estimate of drug-likeness (QED) is 0.883. The van der Waals surface area contributed by atoms with E-state index in [1.165, 1.54) is 31.5 Å². The molecule has 1 unspecified atom stereocenters. The van der Waals surface area contributed by atoms with Crippen LogP contribution in [0, 0.1) is 5.92 Å². The van der Waals surface area contributed by atoms with Crippen molar-refractivity contribution in [1.82, 2.24) is 10.2 Å². The van der Waals surface area contributed by atoms with Crippen molar-refractivity contribution in [3.63, 3.8) is 0 Å². The Labute approximate surface area is 116 Å². The molecule has 19 heavy (non-hydrogen) atoms. The summed E-state index contributed by atoms with van der Waals surface area (Å²) in [4.78, 5) is 2.42. The van der Waals surface area contributed by atoms with E-state index in [0.29, 0.717) is 6.04 Å². The summed E-state index contributed by atoms with van der Waals surface area (Å²) in [5.74, 6) is 1.76. The first-order chi connectivity index (χ1) is 9.19. The third-order valence-electron chi connectivity index (χ3n) is 4.14. The second-order valence-electron chi connectivity index (χ2n) is 5.65. The molecule has 0 saturated carbocycles. The zero-order valence-corrected chi connectivity index (χ0v) is 12.4. The van der Waals surface area contributed by atoms with Crippen LogP contribution in [0.25, 0.3) is 0 Å². The molecule has 0 bridgehead atoms. The van der Waals surface area contributed by atoms with Crippen LogP contribution in [0.3, 0.4) is 0 Å². The molecule has 3 heteroatoms. The standard InChI is InChI=1S/C16H26N2O/c1-13(15-5-4-6-16(11-15)19-3)17-12-14-7-9-18(2)10-8-14/h4-6,11,13-14,17H,7-10,12H2,1-3H3. The third kappa shape index (κ3) is 4.22. The third-order valence-corrected chi connectivity index (χ3v) is 4.14. The van der Waals surface area contributed by atoms with Crippen molar-refractivity contribution >= 4 is 0 Å². The van der Waals surface area contributed by atoms with Crippen molar-refractivity contribution in [3.05, 3.63) is 29.8 Å². The number of nitrogens with zero attached hydrogens (tertiary/aromatic N) is 1. The Bertz CT molecular complexity index is 386. The monoisotopic (exact) mass is 262 g/mol. The van der Waals surface area contributed by atoms with E-state index in [1.54, 1.807) is 7.11 Å². The molecule has 0 aromatic heterocycles. The van der Waals surface area contributed by atoms with E-state index < -0.39 is 0 Å². The van der Waals surface area contributed by atoms with Crippen molar-refractivity contribution in [2.45, 2.75) is 25.8 Å². The van der Waals surface area contributed by atoms with Gasteiger partial charge in [0.2, 0.25) is 0 Å². The molecule has 0 radical (unpaired) electrons. The minimum absolute atomic E-state index is 0.384. The first-order valence-corrected chi connectivity index (χ1v) is 7.25. The lowest BCUT2D eigenvalue weighted by Gasteiger charge is -2.30. The van der Waals surface area contributed by atoms with Gasteiger partial charge in [-0.3, -0.25) is 0 Å². The SMILES string of the molecule is COc1cccc(C(C)NCC2CCN(C)CC2)c1. The lowest BCUT2D eigenvalue weighted by atomic mass is 9.96. The Morgan fingerprint density at radius 2 is 2.11 bits per heavy atom. The van der Waals surface area contributed by atoms with Crippen molar-refractivity contribution in [2.24, 2.45) is 5.92 Å². The van der Waals surface area contributed by atoms with Crippen LogP contribution in [0.1, 0.15) is 31.4 Å². The van der Waals surface area contributed by atoms with Crippen molar-refractivity contribution < 1.29 is 4.74 Å². The second-order valence-corrected chi connectivity index (χ2v) is 5.65. The van der Waals surface area contributed by atoms with Crippen LogP contribution in [-0.4, -0.2) is 38.7 Å². The van der Waals surface area contributed by atoms with E-state index >= 15 is 0 Å². The fourth-order valence-corrected chi connectivity index (χ4v) is 2.64. The predicted molar refractivity (Wildman–Crippen MR) is 79.6 cm³/mol. The molecule has 1 aliphatic rings. The molecule has 1 saturated heterocycles. The fourth-order valence-electron chi connectivity index (χ4n) is 2.64. The Morgan fingerprint density at radius 3 is 2.79 bits per heavy atom. The molecule has 1 atom stereocenters. The first-order valence-electron chi connectivity index (χ1n) is 7.25. The minimum atomic E-state index is 0.384. The number of methoxy groups -OCH3 is 1. The number of piperidine rings is 1. The summed E-state index contributed by atoms with van der Waals surface area (Å²) in [6, 6.07) is 8.71. The van der Waals surface area contributed by atoms with Gasteiger partial charge in [-0.25, -0.2) is 0 Å². The molecule has 0 amide bonds. The Kier molecular flexibility index (Phi) is 5.23. The first kappa shape index (κ1) is 14.4. The average molecular weight is 262 g/mol. The Hall–Kier alpha value is -1.06. The zero-order valence-electron chi connectivity index (χ0n) is 12.4. The maximum Gasteiger partial charge on any atom is 0.119 e. The summed E-state index contributed by atoms with van der Waals surface area (Å²) in [6.07, 6.45) is 2.63. The van der Waals surface area contributed by atoms with Crippen LogP contribution < -0.4 is 10.1 Å². The van der Waals surface area contributed by atoms with Crippen LogP contribution in [0.15, 0.2) is 24.3 Å². The van der Waals surface area contributed by atoms with Gasteiger partial charge < -0.3 is 15.0 Å². The maximum atomic E-state index is 5.28. The predicted octanol–water partition coefficient (Wildman–Crippen LogP) is 2.69. The topological polar surface area (TPSA) is 24.5 Å². The second kappa shape index (κ2) is 6.92. The van der Waals surface area contributed by atoms with Gasteiger partial charge in [-0.15, -0.1) is 0 Å². The Balaban J connectivity index is 1.81. The lowest BCUT2D eigenvalue weighted by molar-refractivity contribution is 0.213. The fraction of sp³-hybridized carbons (Fsp3) is 0.625. The number of rotatable bonds is 5. The van der Waals surface area contributed by atoms with Gasteiger partial charge in [-0.2, -0.15) is 0 Å². The number of likely N-dealkylation sites (tertiary alicyclic amines) is 1. The van der Waals surface area contributed by atoms with Gasteiger partial charge in [0.25, 0.3) is 0 Å². The van der Waals surface area contributed by atoms with Gasteiger partial charge in [-0.1, -0.05) is 12.1 Å². The maximum absolute atomic E-state index is 5.28. The molecule has 1 heterocycles. The number of hydrogen-bond donors (Lipinski definition) is 1. The van der Waals surface area contributed by atoms with Crippen molar-refractivity contribution in [2.75, 3.05) is 33.8 Å². The highest BCUT2D eigenvalue weighted by molar-refractivity contribution is 5.30. The molecule has 106 valence electrons. The molecule has 1 N–H and O–H groups in total. The molecule has 3 nitrogen and oxygen atoms in total. The molecule has 1 fully saturated rings. The lowest BCUT2D eigenvalue weighted by Crippen LogP contribution is -2.35. The highest BCUT2D eigenvalue weighted by Gasteiger charge is 2.17. The molecule has 0 spiro atoms. The van der Waals surface area contributed by atoms with Crippen LogP contribution in [0.5, 0.6) is 5.75 Å². The summed E-state index contributed by atoms with van der Waals surface area (Å²) in [7, 11) is 3.93. The Morgan fingerprint density at radius 1 is 1.37 bits per heavy atom. The van der Waals surface area contributed by atoms with Crippen LogP contribution in [0.2, 0.25) is 0 Å². The summed E-state index contributed by atoms with van der Waals surface area (Å²) in [5, 5.41) is 3.66. The van der Waals surface area contributed by atoms with Crippen LogP contribution in [-0.2, 0) is 0 Å². The van der Waals surface area contributed by atoms with E-state index in [4.69, 9.17) is 4.74 Å². The molecule has 1 aliphatic heterocycles. The number of benzene rings is 1. The number of nitrogens with one attached hydrogen (secondary N) is 1. The van der Waals surface area contributed by atoms with Crippen molar-refractivity contribution in [1.29, 1.82) is 0 Å². The average Bonchev–Trinajstić information content (AvgIpc) is 2.46. The molecular formula is C16H26N2O.